The molecule has 2 nitrogen and oxygen atoms in total. The van der Waals surface area contributed by atoms with Crippen molar-refractivity contribution in [2.24, 2.45) is 0 Å². The van der Waals surface area contributed by atoms with Gasteiger partial charge in [-0.05, 0) is 25.5 Å². The quantitative estimate of drug-likeness (QED) is 0.784. The molecule has 0 aliphatic carbocycles. The predicted octanol–water partition coefficient (Wildman–Crippen LogP) is 3.76. The summed E-state index contributed by atoms with van der Waals surface area (Å²) in [7, 11) is -1.31. The molecular weight excluding hydrogens is 268 g/mol. The van der Waals surface area contributed by atoms with Crippen LogP contribution in [0.3, 0.4) is 0 Å². The van der Waals surface area contributed by atoms with Crippen molar-refractivity contribution in [1.29, 1.82) is 0 Å². The molecule has 0 spiro atoms. The van der Waals surface area contributed by atoms with Crippen LogP contribution in [0.1, 0.15) is 29.3 Å². The SMILES string of the molecule is CCC(C(=O)c1ccccc1)S(=O)c1ccc(C)cc1. The van der Waals surface area contributed by atoms with E-state index in [1.165, 1.54) is 0 Å². The first-order chi connectivity index (χ1) is 9.63. The molecule has 0 fully saturated rings. The highest BCUT2D eigenvalue weighted by Crippen LogP contribution is 2.18. The van der Waals surface area contributed by atoms with Crippen LogP contribution in [0.5, 0.6) is 0 Å². The van der Waals surface area contributed by atoms with Crippen molar-refractivity contribution < 1.29 is 9.00 Å². The molecular formula is C17H18O2S. The van der Waals surface area contributed by atoms with Crippen molar-refractivity contribution in [3.05, 3.63) is 65.7 Å². The molecule has 3 heteroatoms. The molecule has 0 saturated heterocycles. The summed E-state index contributed by atoms with van der Waals surface area (Å²) in [5.41, 5.74) is 1.74. The molecule has 0 aromatic heterocycles. The van der Waals surface area contributed by atoms with E-state index >= 15 is 0 Å². The van der Waals surface area contributed by atoms with Gasteiger partial charge in [-0.3, -0.25) is 9.00 Å². The summed E-state index contributed by atoms with van der Waals surface area (Å²) < 4.78 is 12.6. The van der Waals surface area contributed by atoms with E-state index in [4.69, 9.17) is 0 Å². The van der Waals surface area contributed by atoms with Gasteiger partial charge in [-0.15, -0.1) is 0 Å². The Morgan fingerprint density at radius 2 is 1.65 bits per heavy atom. The van der Waals surface area contributed by atoms with Crippen molar-refractivity contribution >= 4 is 16.6 Å². The largest absolute Gasteiger partial charge is 0.293 e. The van der Waals surface area contributed by atoms with Gasteiger partial charge in [-0.2, -0.15) is 0 Å². The third-order valence-corrected chi connectivity index (χ3v) is 5.03. The second kappa shape index (κ2) is 6.62. The Morgan fingerprint density at radius 3 is 2.20 bits per heavy atom. The third-order valence-electron chi connectivity index (χ3n) is 3.23. The Hall–Kier alpha value is -1.74. The zero-order valence-electron chi connectivity index (χ0n) is 11.7. The summed E-state index contributed by atoms with van der Waals surface area (Å²) in [4.78, 5) is 13.2. The van der Waals surface area contributed by atoms with Crippen LogP contribution in [0, 0.1) is 6.92 Å². The molecule has 2 aromatic carbocycles. The fourth-order valence-electron chi connectivity index (χ4n) is 2.06. The van der Waals surface area contributed by atoms with E-state index in [9.17, 15) is 9.00 Å². The zero-order chi connectivity index (χ0) is 14.5. The van der Waals surface area contributed by atoms with Crippen molar-refractivity contribution in [3.63, 3.8) is 0 Å². The monoisotopic (exact) mass is 286 g/mol. The molecule has 0 aliphatic rings. The summed E-state index contributed by atoms with van der Waals surface area (Å²) in [6.07, 6.45) is 0.564. The Morgan fingerprint density at radius 1 is 1.05 bits per heavy atom. The Kier molecular flexibility index (Phi) is 4.85. The maximum absolute atomic E-state index is 12.6. The predicted molar refractivity (Wildman–Crippen MR) is 82.4 cm³/mol. The van der Waals surface area contributed by atoms with Crippen LogP contribution < -0.4 is 0 Å². The lowest BCUT2D eigenvalue weighted by molar-refractivity contribution is 0.0986. The lowest BCUT2D eigenvalue weighted by Crippen LogP contribution is -2.25. The molecule has 0 aliphatic heterocycles. The van der Waals surface area contributed by atoms with Gasteiger partial charge < -0.3 is 0 Å². The van der Waals surface area contributed by atoms with Crippen molar-refractivity contribution in [2.75, 3.05) is 0 Å². The number of Topliss-reactive ketones (excluding diaryl/α,β-unsaturated/α-hetero) is 1. The summed E-state index contributed by atoms with van der Waals surface area (Å²) in [6.45, 7) is 3.89. The van der Waals surface area contributed by atoms with Gasteiger partial charge in [-0.25, -0.2) is 0 Å². The topological polar surface area (TPSA) is 34.1 Å². The third kappa shape index (κ3) is 3.23. The number of ketones is 1. The van der Waals surface area contributed by atoms with Crippen molar-refractivity contribution in [2.45, 2.75) is 30.4 Å². The molecule has 20 heavy (non-hydrogen) atoms. The Bertz CT molecular complexity index is 603. The smallest absolute Gasteiger partial charge is 0.178 e. The van der Waals surface area contributed by atoms with E-state index in [1.54, 1.807) is 12.1 Å². The second-order valence-electron chi connectivity index (χ2n) is 4.74. The first-order valence-electron chi connectivity index (χ1n) is 6.70. The van der Waals surface area contributed by atoms with Gasteiger partial charge in [0.15, 0.2) is 5.78 Å². The van der Waals surface area contributed by atoms with Crippen LogP contribution in [-0.2, 0) is 10.8 Å². The Labute approximate surface area is 122 Å². The van der Waals surface area contributed by atoms with Gasteiger partial charge in [0.25, 0.3) is 0 Å². The van der Waals surface area contributed by atoms with Gasteiger partial charge >= 0.3 is 0 Å². The average molecular weight is 286 g/mol. The second-order valence-corrected chi connectivity index (χ2v) is 6.37. The number of carbonyl (C=O) groups is 1. The lowest BCUT2D eigenvalue weighted by atomic mass is 10.1. The minimum absolute atomic E-state index is 0.0491. The average Bonchev–Trinajstić information content (AvgIpc) is 2.49. The molecule has 2 rings (SSSR count). The highest BCUT2D eigenvalue weighted by atomic mass is 32.2. The normalized spacial score (nSPS) is 13.7. The van der Waals surface area contributed by atoms with Crippen LogP contribution in [-0.4, -0.2) is 15.2 Å². The minimum atomic E-state index is -1.31. The summed E-state index contributed by atoms with van der Waals surface area (Å²) in [5, 5.41) is -0.486. The number of rotatable bonds is 5. The van der Waals surface area contributed by atoms with Crippen molar-refractivity contribution in [1.82, 2.24) is 0 Å². The number of hydrogen-bond acceptors (Lipinski definition) is 2. The van der Waals surface area contributed by atoms with E-state index in [0.29, 0.717) is 16.9 Å². The number of benzene rings is 2. The minimum Gasteiger partial charge on any atom is -0.293 e. The molecule has 0 N–H and O–H groups in total. The fraction of sp³-hybridized carbons (Fsp3) is 0.235. The highest BCUT2D eigenvalue weighted by Gasteiger charge is 2.25. The summed E-state index contributed by atoms with van der Waals surface area (Å²) in [6, 6.07) is 16.6. The first-order valence-corrected chi connectivity index (χ1v) is 7.91. The van der Waals surface area contributed by atoms with Gasteiger partial charge in [0.1, 0.15) is 5.25 Å². The molecule has 2 aromatic rings. The van der Waals surface area contributed by atoms with Gasteiger partial charge in [0, 0.05) is 10.5 Å². The molecule has 2 unspecified atom stereocenters. The number of carbonyl (C=O) groups excluding carboxylic acids is 1. The first kappa shape index (κ1) is 14.7. The lowest BCUT2D eigenvalue weighted by Gasteiger charge is -2.14. The van der Waals surface area contributed by atoms with E-state index in [0.717, 1.165) is 5.56 Å². The number of hydrogen-bond donors (Lipinski definition) is 0. The van der Waals surface area contributed by atoms with Gasteiger partial charge in [0.05, 0.1) is 10.8 Å². The van der Waals surface area contributed by atoms with Crippen molar-refractivity contribution in [3.8, 4) is 0 Å². The summed E-state index contributed by atoms with van der Waals surface area (Å²) in [5.74, 6) is -0.0491. The maximum atomic E-state index is 12.6. The molecule has 0 radical (unpaired) electrons. The highest BCUT2D eigenvalue weighted by molar-refractivity contribution is 7.86. The molecule has 2 atom stereocenters. The number of aryl methyl sites for hydroxylation is 1. The van der Waals surface area contributed by atoms with Crippen LogP contribution in [0.25, 0.3) is 0 Å². The molecule has 0 bridgehead atoms. The summed E-state index contributed by atoms with van der Waals surface area (Å²) >= 11 is 0. The van der Waals surface area contributed by atoms with E-state index in [-0.39, 0.29) is 5.78 Å². The van der Waals surface area contributed by atoms with Crippen LogP contribution >= 0.6 is 0 Å². The van der Waals surface area contributed by atoms with Crippen LogP contribution in [0.15, 0.2) is 59.5 Å². The fourth-order valence-corrected chi connectivity index (χ4v) is 3.43. The van der Waals surface area contributed by atoms with E-state index < -0.39 is 16.0 Å². The van der Waals surface area contributed by atoms with Gasteiger partial charge in [-0.1, -0.05) is 55.0 Å². The van der Waals surface area contributed by atoms with E-state index in [2.05, 4.69) is 0 Å². The maximum Gasteiger partial charge on any atom is 0.178 e. The van der Waals surface area contributed by atoms with Crippen LogP contribution in [0.4, 0.5) is 0 Å². The van der Waals surface area contributed by atoms with Crippen LogP contribution in [0.2, 0.25) is 0 Å². The molecule has 0 amide bonds. The van der Waals surface area contributed by atoms with E-state index in [1.807, 2.05) is 56.3 Å². The molecule has 0 saturated carbocycles. The van der Waals surface area contributed by atoms with Gasteiger partial charge in [0.2, 0.25) is 0 Å². The molecule has 0 heterocycles. The standard InChI is InChI=1S/C17H18O2S/c1-3-16(17(18)14-7-5-4-6-8-14)20(19)15-11-9-13(2)10-12-15/h4-12,16H,3H2,1-2H3. The molecule has 104 valence electrons. The zero-order valence-corrected chi connectivity index (χ0v) is 12.5. The Balaban J connectivity index is 2.26.